The number of hydrogen-bond donors (Lipinski definition) is 2. The van der Waals surface area contributed by atoms with Gasteiger partial charge in [-0.3, -0.25) is 0 Å². The zero-order chi connectivity index (χ0) is 8.32. The molecule has 1 aliphatic carbocycles. The van der Waals surface area contributed by atoms with E-state index >= 15 is 0 Å². The van der Waals surface area contributed by atoms with Crippen LogP contribution >= 0.6 is 0 Å². The van der Waals surface area contributed by atoms with Crippen molar-refractivity contribution >= 4 is 10.2 Å². The summed E-state index contributed by atoms with van der Waals surface area (Å²) in [5.74, 6) is 0.726. The molecule has 4 nitrogen and oxygen atoms in total. The summed E-state index contributed by atoms with van der Waals surface area (Å²) in [6.45, 7) is 0.490. The van der Waals surface area contributed by atoms with E-state index in [1.54, 1.807) is 0 Å². The Hall–Kier alpha value is -0.130. The molecule has 0 heterocycles. The molecule has 1 aliphatic rings. The van der Waals surface area contributed by atoms with Gasteiger partial charge in [-0.1, -0.05) is 19.3 Å². The van der Waals surface area contributed by atoms with Gasteiger partial charge in [-0.05, 0) is 12.3 Å². The van der Waals surface area contributed by atoms with Gasteiger partial charge in [-0.2, -0.15) is 8.42 Å². The van der Waals surface area contributed by atoms with Gasteiger partial charge in [-0.25, -0.2) is 9.86 Å². The molecular formula is C6H14N2O2S. The van der Waals surface area contributed by atoms with Crippen molar-refractivity contribution in [2.24, 2.45) is 11.1 Å². The van der Waals surface area contributed by atoms with Gasteiger partial charge in [0.15, 0.2) is 0 Å². The molecular weight excluding hydrogens is 164 g/mol. The quantitative estimate of drug-likeness (QED) is 0.634. The fourth-order valence-corrected chi connectivity index (χ4v) is 1.59. The maximum atomic E-state index is 10.4. The molecule has 0 radical (unpaired) electrons. The van der Waals surface area contributed by atoms with Crippen LogP contribution in [0.25, 0.3) is 0 Å². The standard InChI is InChI=1S/C6H14N2O2S/c7-11(9,10)8-5-4-6-2-1-3-6/h6,8H,1-5H2,(H2,7,9,10). The lowest BCUT2D eigenvalue weighted by atomic mass is 9.83. The highest BCUT2D eigenvalue weighted by atomic mass is 32.2. The van der Waals surface area contributed by atoms with Crippen LogP contribution in [0.5, 0.6) is 0 Å². The summed E-state index contributed by atoms with van der Waals surface area (Å²) in [6.07, 6.45) is 4.70. The van der Waals surface area contributed by atoms with E-state index in [2.05, 4.69) is 4.72 Å². The summed E-state index contributed by atoms with van der Waals surface area (Å²) in [7, 11) is -3.45. The molecule has 5 heteroatoms. The molecule has 3 N–H and O–H groups in total. The van der Waals surface area contributed by atoms with Crippen LogP contribution in [0.4, 0.5) is 0 Å². The van der Waals surface area contributed by atoms with Crippen LogP contribution in [0.15, 0.2) is 0 Å². The Bertz CT molecular complexity index is 209. The minimum absolute atomic E-state index is 0.490. The van der Waals surface area contributed by atoms with E-state index in [1.807, 2.05) is 0 Å². The van der Waals surface area contributed by atoms with Gasteiger partial charge in [-0.15, -0.1) is 0 Å². The lowest BCUT2D eigenvalue weighted by Crippen LogP contribution is -2.33. The maximum Gasteiger partial charge on any atom is 0.274 e. The number of rotatable bonds is 4. The van der Waals surface area contributed by atoms with E-state index in [0.717, 1.165) is 12.3 Å². The normalized spacial score (nSPS) is 19.7. The predicted molar refractivity (Wildman–Crippen MR) is 43.1 cm³/mol. The van der Waals surface area contributed by atoms with Crippen molar-refractivity contribution in [2.75, 3.05) is 6.54 Å². The fraction of sp³-hybridized carbons (Fsp3) is 1.00. The number of hydrogen-bond acceptors (Lipinski definition) is 2. The Balaban J connectivity index is 2.04. The van der Waals surface area contributed by atoms with Crippen molar-refractivity contribution in [3.8, 4) is 0 Å². The third-order valence-corrected chi connectivity index (χ3v) is 2.69. The average molecular weight is 178 g/mol. The SMILES string of the molecule is NS(=O)(=O)NCCC1CCC1. The molecule has 0 atom stereocenters. The van der Waals surface area contributed by atoms with Gasteiger partial charge in [0.05, 0.1) is 0 Å². The van der Waals surface area contributed by atoms with Crippen LogP contribution in [0.3, 0.4) is 0 Å². The molecule has 0 aromatic carbocycles. The molecule has 66 valence electrons. The first-order valence-electron chi connectivity index (χ1n) is 3.85. The number of nitrogens with one attached hydrogen (secondary N) is 1. The molecule has 0 bridgehead atoms. The predicted octanol–water partition coefficient (Wildman–Crippen LogP) is -0.0303. The molecule has 0 saturated heterocycles. The molecule has 0 spiro atoms. The van der Waals surface area contributed by atoms with Crippen LogP contribution in [-0.2, 0) is 10.2 Å². The first-order chi connectivity index (χ1) is 5.08. The first-order valence-corrected chi connectivity index (χ1v) is 5.40. The summed E-state index contributed by atoms with van der Waals surface area (Å²) in [5, 5.41) is 4.74. The van der Waals surface area contributed by atoms with Crippen molar-refractivity contribution < 1.29 is 8.42 Å². The Kier molecular flexibility index (Phi) is 2.86. The molecule has 0 aromatic heterocycles. The van der Waals surface area contributed by atoms with Crippen molar-refractivity contribution in [3.63, 3.8) is 0 Å². The zero-order valence-electron chi connectivity index (χ0n) is 6.41. The summed E-state index contributed by atoms with van der Waals surface area (Å²) < 4.78 is 23.0. The fourth-order valence-electron chi connectivity index (χ4n) is 1.19. The molecule has 11 heavy (non-hydrogen) atoms. The second-order valence-corrected chi connectivity index (χ2v) is 4.40. The Labute approximate surface area is 67.3 Å². The van der Waals surface area contributed by atoms with Crippen molar-refractivity contribution in [1.29, 1.82) is 0 Å². The summed E-state index contributed by atoms with van der Waals surface area (Å²) in [6, 6.07) is 0. The lowest BCUT2D eigenvalue weighted by Gasteiger charge is -2.24. The van der Waals surface area contributed by atoms with Crippen LogP contribution in [0.2, 0.25) is 0 Å². The van der Waals surface area contributed by atoms with E-state index in [-0.39, 0.29) is 0 Å². The summed E-state index contributed by atoms with van der Waals surface area (Å²) in [5.41, 5.74) is 0. The Morgan fingerprint density at radius 2 is 2.09 bits per heavy atom. The third-order valence-electron chi connectivity index (χ3n) is 2.08. The monoisotopic (exact) mass is 178 g/mol. The van der Waals surface area contributed by atoms with Gasteiger partial charge in [0.1, 0.15) is 0 Å². The summed E-state index contributed by atoms with van der Waals surface area (Å²) in [4.78, 5) is 0. The Morgan fingerprint density at radius 1 is 1.45 bits per heavy atom. The van der Waals surface area contributed by atoms with Crippen molar-refractivity contribution in [1.82, 2.24) is 4.72 Å². The molecule has 1 saturated carbocycles. The third kappa shape index (κ3) is 3.69. The maximum absolute atomic E-state index is 10.4. The molecule has 0 unspecified atom stereocenters. The molecule has 0 amide bonds. The zero-order valence-corrected chi connectivity index (χ0v) is 7.23. The van der Waals surface area contributed by atoms with Gasteiger partial charge in [0.25, 0.3) is 10.2 Å². The highest BCUT2D eigenvalue weighted by Gasteiger charge is 2.16. The Morgan fingerprint density at radius 3 is 2.45 bits per heavy atom. The van der Waals surface area contributed by atoms with E-state index < -0.39 is 10.2 Å². The van der Waals surface area contributed by atoms with E-state index in [4.69, 9.17) is 5.14 Å². The van der Waals surface area contributed by atoms with Crippen molar-refractivity contribution in [2.45, 2.75) is 25.7 Å². The van der Waals surface area contributed by atoms with Gasteiger partial charge in [0.2, 0.25) is 0 Å². The van der Waals surface area contributed by atoms with Crippen LogP contribution < -0.4 is 9.86 Å². The minimum Gasteiger partial charge on any atom is -0.216 e. The minimum atomic E-state index is -3.45. The largest absolute Gasteiger partial charge is 0.274 e. The van der Waals surface area contributed by atoms with E-state index in [9.17, 15) is 8.42 Å². The highest BCUT2D eigenvalue weighted by molar-refractivity contribution is 7.87. The van der Waals surface area contributed by atoms with Crippen LogP contribution in [0, 0.1) is 5.92 Å². The van der Waals surface area contributed by atoms with E-state index in [1.165, 1.54) is 19.3 Å². The molecule has 1 fully saturated rings. The second-order valence-electron chi connectivity index (χ2n) is 3.02. The van der Waals surface area contributed by atoms with Crippen molar-refractivity contribution in [3.05, 3.63) is 0 Å². The smallest absolute Gasteiger partial charge is 0.216 e. The van der Waals surface area contributed by atoms with Crippen LogP contribution in [-0.4, -0.2) is 15.0 Å². The van der Waals surface area contributed by atoms with Gasteiger partial charge >= 0.3 is 0 Å². The second kappa shape index (κ2) is 3.51. The van der Waals surface area contributed by atoms with Gasteiger partial charge in [0, 0.05) is 6.54 Å². The van der Waals surface area contributed by atoms with E-state index in [0.29, 0.717) is 6.54 Å². The highest BCUT2D eigenvalue weighted by Crippen LogP contribution is 2.28. The van der Waals surface area contributed by atoms with Crippen LogP contribution in [0.1, 0.15) is 25.7 Å². The molecule has 0 aromatic rings. The number of nitrogens with two attached hydrogens (primary N) is 1. The topological polar surface area (TPSA) is 72.2 Å². The van der Waals surface area contributed by atoms with Gasteiger partial charge < -0.3 is 0 Å². The molecule has 0 aliphatic heterocycles. The molecule has 1 rings (SSSR count). The first kappa shape index (κ1) is 8.96. The average Bonchev–Trinajstić information content (AvgIpc) is 1.73. The summed E-state index contributed by atoms with van der Waals surface area (Å²) >= 11 is 0. The lowest BCUT2D eigenvalue weighted by molar-refractivity contribution is 0.297.